The largest absolute Gasteiger partial charge is 0.497 e. The van der Waals surface area contributed by atoms with E-state index in [1.807, 2.05) is 61.5 Å². The number of aryl methyl sites for hydroxylation is 1. The monoisotopic (exact) mass is 577 g/mol. The number of fused-ring (bicyclic) bond motifs is 3. The summed E-state index contributed by atoms with van der Waals surface area (Å²) in [6, 6.07) is 30.3. The number of ether oxygens (including phenoxy) is 3. The molecule has 5 rings (SSSR count). The van der Waals surface area contributed by atoms with E-state index >= 15 is 0 Å². The first kappa shape index (κ1) is 30.2. The summed E-state index contributed by atoms with van der Waals surface area (Å²) >= 11 is 0. The fraction of sp³-hybridized carbons (Fsp3) is 0.342. The summed E-state index contributed by atoms with van der Waals surface area (Å²) in [4.78, 5) is 13.4. The van der Waals surface area contributed by atoms with Gasteiger partial charge in [0.2, 0.25) is 0 Å². The molecule has 43 heavy (non-hydrogen) atoms. The van der Waals surface area contributed by atoms with Gasteiger partial charge in [-0.3, -0.25) is 0 Å². The molecule has 0 heterocycles. The third kappa shape index (κ3) is 7.05. The SMILES string of the molecule is CCCC(CCC)COc1ccc(C(NC(=O)OCC2c3ccccc3-c3ccccc32)c2ccc(OC)cc2C)cc1. The summed E-state index contributed by atoms with van der Waals surface area (Å²) in [5, 5.41) is 3.16. The molecule has 5 heteroatoms. The van der Waals surface area contributed by atoms with Gasteiger partial charge in [0.1, 0.15) is 18.1 Å². The third-order valence-electron chi connectivity index (χ3n) is 8.49. The van der Waals surface area contributed by atoms with Crippen molar-refractivity contribution in [3.8, 4) is 22.6 Å². The quantitative estimate of drug-likeness (QED) is 0.172. The molecule has 224 valence electrons. The third-order valence-corrected chi connectivity index (χ3v) is 8.49. The molecular formula is C38H43NO4. The van der Waals surface area contributed by atoms with Crippen molar-refractivity contribution in [2.75, 3.05) is 20.3 Å². The van der Waals surface area contributed by atoms with E-state index in [2.05, 4.69) is 55.6 Å². The molecule has 1 aliphatic carbocycles. The highest BCUT2D eigenvalue weighted by atomic mass is 16.5. The average Bonchev–Trinajstić information content (AvgIpc) is 3.35. The van der Waals surface area contributed by atoms with Crippen LogP contribution in [0, 0.1) is 12.8 Å². The molecular weight excluding hydrogens is 534 g/mol. The lowest BCUT2D eigenvalue weighted by Crippen LogP contribution is -2.31. The van der Waals surface area contributed by atoms with Crippen LogP contribution in [-0.2, 0) is 4.74 Å². The van der Waals surface area contributed by atoms with Crippen molar-refractivity contribution in [2.24, 2.45) is 5.92 Å². The van der Waals surface area contributed by atoms with Crippen LogP contribution in [0.2, 0.25) is 0 Å². The Labute approximate surface area is 256 Å². The van der Waals surface area contributed by atoms with E-state index < -0.39 is 12.1 Å². The molecule has 1 unspecified atom stereocenters. The normalized spacial score (nSPS) is 12.9. The number of carbonyl (C=O) groups excluding carboxylic acids is 1. The van der Waals surface area contributed by atoms with Crippen molar-refractivity contribution in [1.82, 2.24) is 5.32 Å². The molecule has 1 atom stereocenters. The molecule has 4 aromatic carbocycles. The minimum atomic E-state index is -0.454. The molecule has 1 N–H and O–H groups in total. The van der Waals surface area contributed by atoms with Crippen LogP contribution in [0.25, 0.3) is 11.1 Å². The number of hydrogen-bond acceptors (Lipinski definition) is 4. The maximum Gasteiger partial charge on any atom is 0.407 e. The van der Waals surface area contributed by atoms with Crippen molar-refractivity contribution in [3.63, 3.8) is 0 Å². The van der Waals surface area contributed by atoms with Crippen molar-refractivity contribution in [3.05, 3.63) is 119 Å². The number of benzene rings is 4. The van der Waals surface area contributed by atoms with Gasteiger partial charge in [0, 0.05) is 5.92 Å². The van der Waals surface area contributed by atoms with E-state index in [1.54, 1.807) is 7.11 Å². The summed E-state index contributed by atoms with van der Waals surface area (Å²) in [6.07, 6.45) is 4.22. The number of rotatable bonds is 13. The smallest absolute Gasteiger partial charge is 0.407 e. The van der Waals surface area contributed by atoms with E-state index in [1.165, 1.54) is 35.1 Å². The minimum Gasteiger partial charge on any atom is -0.497 e. The van der Waals surface area contributed by atoms with Gasteiger partial charge in [-0.05, 0) is 88.9 Å². The van der Waals surface area contributed by atoms with Gasteiger partial charge in [0.15, 0.2) is 0 Å². The standard InChI is InChI=1S/C38H43NO4/c1-5-11-27(12-6-2)24-42-29-19-17-28(18-20-29)37(31-22-21-30(41-4)23-26(31)3)39-38(40)43-25-36-34-15-9-7-13-32(34)33-14-8-10-16-35(33)36/h7-10,13-23,27,36-37H,5-6,11-12,24-25H2,1-4H3,(H,39,40). The summed E-state index contributed by atoms with van der Waals surface area (Å²) in [6.45, 7) is 7.46. The summed E-state index contributed by atoms with van der Waals surface area (Å²) in [5.41, 5.74) is 7.74. The fourth-order valence-electron chi connectivity index (χ4n) is 6.30. The average molecular weight is 578 g/mol. The maximum atomic E-state index is 13.4. The molecule has 0 aromatic heterocycles. The lowest BCUT2D eigenvalue weighted by Gasteiger charge is -2.23. The van der Waals surface area contributed by atoms with Gasteiger partial charge in [-0.25, -0.2) is 4.79 Å². The van der Waals surface area contributed by atoms with Crippen LogP contribution in [0.4, 0.5) is 4.79 Å². The number of methoxy groups -OCH3 is 1. The van der Waals surface area contributed by atoms with Crippen LogP contribution in [0.1, 0.15) is 79.3 Å². The lowest BCUT2D eigenvalue weighted by atomic mass is 9.94. The highest BCUT2D eigenvalue weighted by molar-refractivity contribution is 5.79. The zero-order valence-corrected chi connectivity index (χ0v) is 25.8. The second-order valence-electron chi connectivity index (χ2n) is 11.4. The molecule has 1 aliphatic rings. The van der Waals surface area contributed by atoms with Crippen molar-refractivity contribution < 1.29 is 19.0 Å². The van der Waals surface area contributed by atoms with Crippen LogP contribution in [0.15, 0.2) is 91.0 Å². The topological polar surface area (TPSA) is 56.8 Å². The first-order valence-electron chi connectivity index (χ1n) is 15.5. The van der Waals surface area contributed by atoms with Gasteiger partial charge in [-0.2, -0.15) is 0 Å². The molecule has 0 aliphatic heterocycles. The summed E-state index contributed by atoms with van der Waals surface area (Å²) in [5.74, 6) is 2.19. The molecule has 0 radical (unpaired) electrons. The fourth-order valence-corrected chi connectivity index (χ4v) is 6.30. The van der Waals surface area contributed by atoms with Crippen LogP contribution >= 0.6 is 0 Å². The first-order chi connectivity index (χ1) is 21.0. The number of nitrogens with one attached hydrogen (secondary N) is 1. The van der Waals surface area contributed by atoms with Gasteiger partial charge >= 0.3 is 6.09 Å². The Morgan fingerprint density at radius 2 is 1.42 bits per heavy atom. The van der Waals surface area contributed by atoms with E-state index in [9.17, 15) is 4.79 Å². The van der Waals surface area contributed by atoms with Crippen LogP contribution in [0.5, 0.6) is 11.5 Å². The Morgan fingerprint density at radius 3 is 2.00 bits per heavy atom. The van der Waals surface area contributed by atoms with Gasteiger partial charge in [-0.15, -0.1) is 0 Å². The second kappa shape index (κ2) is 14.3. The Morgan fingerprint density at radius 1 is 0.814 bits per heavy atom. The molecule has 0 spiro atoms. The Hall–Kier alpha value is -4.25. The molecule has 0 saturated carbocycles. The van der Waals surface area contributed by atoms with Crippen molar-refractivity contribution in [2.45, 2.75) is 58.4 Å². The molecule has 1 amide bonds. The molecule has 5 nitrogen and oxygen atoms in total. The Kier molecular flexibility index (Phi) is 10.0. The van der Waals surface area contributed by atoms with Gasteiger partial charge in [-0.1, -0.05) is 93.4 Å². The van der Waals surface area contributed by atoms with Crippen LogP contribution in [-0.4, -0.2) is 26.4 Å². The van der Waals surface area contributed by atoms with Gasteiger partial charge in [0.25, 0.3) is 0 Å². The minimum absolute atomic E-state index is 0.00000254. The molecule has 4 aromatic rings. The van der Waals surface area contributed by atoms with E-state index in [0.717, 1.165) is 47.6 Å². The van der Waals surface area contributed by atoms with Crippen LogP contribution < -0.4 is 14.8 Å². The predicted octanol–water partition coefficient (Wildman–Crippen LogP) is 9.23. The van der Waals surface area contributed by atoms with Crippen LogP contribution in [0.3, 0.4) is 0 Å². The number of amides is 1. The lowest BCUT2D eigenvalue weighted by molar-refractivity contribution is 0.140. The van der Waals surface area contributed by atoms with E-state index in [-0.39, 0.29) is 12.5 Å². The number of hydrogen-bond donors (Lipinski definition) is 1. The number of carbonyl (C=O) groups is 1. The van der Waals surface area contributed by atoms with Gasteiger partial charge < -0.3 is 19.5 Å². The van der Waals surface area contributed by atoms with E-state index in [0.29, 0.717) is 5.92 Å². The zero-order valence-electron chi connectivity index (χ0n) is 25.8. The predicted molar refractivity (Wildman–Crippen MR) is 173 cm³/mol. The zero-order chi connectivity index (χ0) is 30.2. The van der Waals surface area contributed by atoms with Crippen molar-refractivity contribution >= 4 is 6.09 Å². The molecule has 0 saturated heterocycles. The second-order valence-corrected chi connectivity index (χ2v) is 11.4. The highest BCUT2D eigenvalue weighted by Gasteiger charge is 2.29. The van der Waals surface area contributed by atoms with Crippen molar-refractivity contribution in [1.29, 1.82) is 0 Å². The van der Waals surface area contributed by atoms with E-state index in [4.69, 9.17) is 14.2 Å². The summed E-state index contributed by atoms with van der Waals surface area (Å²) < 4.78 is 17.5. The highest BCUT2D eigenvalue weighted by Crippen LogP contribution is 2.44. The number of alkyl carbamates (subject to hydrolysis) is 1. The summed E-state index contributed by atoms with van der Waals surface area (Å²) in [7, 11) is 1.66. The maximum absolute atomic E-state index is 13.4. The molecule has 0 fully saturated rings. The Bertz CT molecular complexity index is 1460. The first-order valence-corrected chi connectivity index (χ1v) is 15.5. The van der Waals surface area contributed by atoms with Gasteiger partial charge in [0.05, 0.1) is 19.8 Å². The Balaban J connectivity index is 1.33. The molecule has 0 bridgehead atoms.